The summed E-state index contributed by atoms with van der Waals surface area (Å²) in [5, 5.41) is 0. The minimum absolute atomic E-state index is 0.523. The molecule has 2 aromatic heterocycles. The number of para-hydroxylation sites is 4. The van der Waals surface area contributed by atoms with E-state index in [2.05, 4.69) is 252 Å². The summed E-state index contributed by atoms with van der Waals surface area (Å²) in [5.41, 5.74) is 16.8. The van der Waals surface area contributed by atoms with Gasteiger partial charge in [0.2, 0.25) is 0 Å². The molecule has 2 aliphatic heterocycles. The van der Waals surface area contributed by atoms with Gasteiger partial charge in [-0.05, 0) is 93.0 Å². The number of aromatic nitrogens is 2. The van der Waals surface area contributed by atoms with Crippen LogP contribution in [-0.4, -0.2) is 9.97 Å². The number of benzene rings is 8. The Labute approximate surface area is 374 Å². The first-order chi connectivity index (χ1) is 31.8. The highest BCUT2D eigenvalue weighted by atomic mass is 15.2. The van der Waals surface area contributed by atoms with Crippen molar-refractivity contribution in [1.29, 1.82) is 0 Å². The summed E-state index contributed by atoms with van der Waals surface area (Å²) >= 11 is 0. The van der Waals surface area contributed by atoms with Crippen molar-refractivity contribution in [2.75, 3.05) is 9.80 Å². The van der Waals surface area contributed by atoms with Gasteiger partial charge in [0.1, 0.15) is 0 Å². The number of rotatable bonds is 7. The fraction of sp³-hybridized carbons (Fsp3) is 0.0333. The summed E-state index contributed by atoms with van der Waals surface area (Å²) in [6, 6.07) is 87.4. The first-order valence-electron chi connectivity index (χ1n) is 21.9. The van der Waals surface area contributed by atoms with Gasteiger partial charge in [-0.3, -0.25) is 9.97 Å². The Hall–Kier alpha value is -8.34. The van der Waals surface area contributed by atoms with E-state index in [1.165, 1.54) is 44.5 Å². The lowest BCUT2D eigenvalue weighted by molar-refractivity contribution is 0.731. The Morgan fingerprint density at radius 1 is 0.250 bits per heavy atom. The van der Waals surface area contributed by atoms with Crippen LogP contribution in [0.2, 0.25) is 0 Å². The molecule has 0 atom stereocenters. The molecule has 0 amide bonds. The standard InChI is InChI=1S/C60H42N4/c1-5-21-43(22-6-1)59(44-23-7-2-8-24-44)49-29-13-17-33-55(49)63(56-34-18-14-30-50(56)59)47-37-39-53(61-41-47)54-40-38-48(42-62-54)64-57-35-19-15-31-51(57)60(45-25-9-3-10-26-45,46-27-11-4-12-28-46)52-32-16-20-36-58(52)64/h1-42H. The van der Waals surface area contributed by atoms with Crippen LogP contribution in [0, 0.1) is 0 Å². The number of anilines is 6. The molecule has 4 heterocycles. The highest BCUT2D eigenvalue weighted by Crippen LogP contribution is 2.59. The normalized spacial score (nSPS) is 14.1. The highest BCUT2D eigenvalue weighted by Gasteiger charge is 2.47. The number of hydrogen-bond acceptors (Lipinski definition) is 4. The minimum atomic E-state index is -0.523. The molecular formula is C60H42N4. The zero-order valence-electron chi connectivity index (χ0n) is 35.0. The van der Waals surface area contributed by atoms with E-state index < -0.39 is 10.8 Å². The molecule has 2 aliphatic rings. The molecular weight excluding hydrogens is 777 g/mol. The van der Waals surface area contributed by atoms with E-state index in [9.17, 15) is 0 Å². The third-order valence-electron chi connectivity index (χ3n) is 13.3. The topological polar surface area (TPSA) is 32.3 Å². The maximum Gasteiger partial charge on any atom is 0.0887 e. The lowest BCUT2D eigenvalue weighted by atomic mass is 9.62. The molecule has 0 unspecified atom stereocenters. The van der Waals surface area contributed by atoms with Gasteiger partial charge in [-0.25, -0.2) is 0 Å². The van der Waals surface area contributed by atoms with E-state index in [1.54, 1.807) is 0 Å². The van der Waals surface area contributed by atoms with Crippen molar-refractivity contribution < 1.29 is 0 Å². The number of pyridine rings is 2. The van der Waals surface area contributed by atoms with Gasteiger partial charge in [-0.1, -0.05) is 194 Å². The van der Waals surface area contributed by atoms with Crippen LogP contribution in [0.4, 0.5) is 34.1 Å². The van der Waals surface area contributed by atoms with Crippen LogP contribution < -0.4 is 9.80 Å². The molecule has 4 heteroatoms. The van der Waals surface area contributed by atoms with Crippen molar-refractivity contribution >= 4 is 34.1 Å². The molecule has 10 aromatic rings. The molecule has 0 saturated carbocycles. The summed E-state index contributed by atoms with van der Waals surface area (Å²) in [7, 11) is 0. The molecule has 4 nitrogen and oxygen atoms in total. The van der Waals surface area contributed by atoms with E-state index in [1.807, 2.05) is 12.4 Å². The molecule has 0 aliphatic carbocycles. The monoisotopic (exact) mass is 818 g/mol. The van der Waals surface area contributed by atoms with Gasteiger partial charge >= 0.3 is 0 Å². The van der Waals surface area contributed by atoms with Crippen LogP contribution >= 0.6 is 0 Å². The number of hydrogen-bond donors (Lipinski definition) is 0. The largest absolute Gasteiger partial charge is 0.308 e. The molecule has 64 heavy (non-hydrogen) atoms. The van der Waals surface area contributed by atoms with Gasteiger partial charge < -0.3 is 9.80 Å². The van der Waals surface area contributed by atoms with Crippen LogP contribution in [0.15, 0.2) is 255 Å². The van der Waals surface area contributed by atoms with Gasteiger partial charge in [0.25, 0.3) is 0 Å². The molecule has 0 saturated heterocycles. The van der Waals surface area contributed by atoms with E-state index in [0.717, 1.165) is 45.5 Å². The van der Waals surface area contributed by atoms with Crippen molar-refractivity contribution in [2.45, 2.75) is 10.8 Å². The van der Waals surface area contributed by atoms with Crippen molar-refractivity contribution in [1.82, 2.24) is 9.97 Å². The van der Waals surface area contributed by atoms with Crippen molar-refractivity contribution in [2.24, 2.45) is 0 Å². The second kappa shape index (κ2) is 15.2. The maximum atomic E-state index is 5.11. The molecule has 0 fully saturated rings. The minimum Gasteiger partial charge on any atom is -0.308 e. The smallest absolute Gasteiger partial charge is 0.0887 e. The second-order valence-corrected chi connectivity index (χ2v) is 16.5. The first kappa shape index (κ1) is 37.4. The predicted molar refractivity (Wildman–Crippen MR) is 261 cm³/mol. The summed E-state index contributed by atoms with van der Waals surface area (Å²) in [6.45, 7) is 0. The second-order valence-electron chi connectivity index (χ2n) is 16.5. The van der Waals surface area contributed by atoms with Crippen molar-refractivity contribution in [3.63, 3.8) is 0 Å². The van der Waals surface area contributed by atoms with Gasteiger partial charge in [-0.15, -0.1) is 0 Å². The lowest BCUT2D eigenvalue weighted by Gasteiger charge is -2.46. The Balaban J connectivity index is 0.934. The van der Waals surface area contributed by atoms with E-state index in [4.69, 9.17) is 9.97 Å². The van der Waals surface area contributed by atoms with Crippen molar-refractivity contribution in [3.05, 3.63) is 300 Å². The van der Waals surface area contributed by atoms with Crippen LogP contribution in [0.1, 0.15) is 44.5 Å². The maximum absolute atomic E-state index is 5.11. The molecule has 0 N–H and O–H groups in total. The van der Waals surface area contributed by atoms with Gasteiger partial charge in [0.15, 0.2) is 0 Å². The molecule has 0 radical (unpaired) electrons. The SMILES string of the molecule is c1ccc(C2(c3ccccc3)c3ccccc3N(c3ccc(-c4ccc(N5c6ccccc6C(c6ccccc6)(c6ccccc6)c6ccccc65)cn4)nc3)c3ccccc32)cc1. The Bertz CT molecular complexity index is 2860. The third-order valence-corrected chi connectivity index (χ3v) is 13.3. The molecule has 12 rings (SSSR count). The average Bonchev–Trinajstić information content (AvgIpc) is 3.38. The lowest BCUT2D eigenvalue weighted by Crippen LogP contribution is -2.37. The van der Waals surface area contributed by atoms with E-state index >= 15 is 0 Å². The van der Waals surface area contributed by atoms with E-state index in [0.29, 0.717) is 0 Å². The Kier molecular flexibility index (Phi) is 8.91. The van der Waals surface area contributed by atoms with Crippen LogP contribution in [0.5, 0.6) is 0 Å². The molecule has 0 bridgehead atoms. The number of nitrogens with zero attached hydrogens (tertiary/aromatic N) is 4. The zero-order valence-corrected chi connectivity index (χ0v) is 35.0. The summed E-state index contributed by atoms with van der Waals surface area (Å²) in [5.74, 6) is 0. The van der Waals surface area contributed by atoms with Crippen LogP contribution in [0.25, 0.3) is 11.4 Å². The van der Waals surface area contributed by atoms with Gasteiger partial charge in [0.05, 0.1) is 68.7 Å². The summed E-state index contributed by atoms with van der Waals surface area (Å²) in [6.07, 6.45) is 3.97. The summed E-state index contributed by atoms with van der Waals surface area (Å²) in [4.78, 5) is 14.9. The zero-order chi connectivity index (χ0) is 42.5. The highest BCUT2D eigenvalue weighted by molar-refractivity contribution is 5.91. The van der Waals surface area contributed by atoms with Gasteiger partial charge in [-0.2, -0.15) is 0 Å². The Morgan fingerprint density at radius 3 is 0.750 bits per heavy atom. The fourth-order valence-corrected chi connectivity index (χ4v) is 10.7. The summed E-state index contributed by atoms with van der Waals surface area (Å²) < 4.78 is 0. The first-order valence-corrected chi connectivity index (χ1v) is 21.9. The quantitative estimate of drug-likeness (QED) is 0.160. The predicted octanol–water partition coefficient (Wildman–Crippen LogP) is 14.5. The van der Waals surface area contributed by atoms with Crippen LogP contribution in [-0.2, 0) is 10.8 Å². The van der Waals surface area contributed by atoms with Gasteiger partial charge in [0, 0.05) is 0 Å². The molecule has 302 valence electrons. The average molecular weight is 819 g/mol. The number of fused-ring (bicyclic) bond motifs is 4. The fourth-order valence-electron chi connectivity index (χ4n) is 10.7. The molecule has 0 spiro atoms. The van der Waals surface area contributed by atoms with E-state index in [-0.39, 0.29) is 0 Å². The van der Waals surface area contributed by atoms with Crippen molar-refractivity contribution in [3.8, 4) is 11.4 Å². The molecule has 8 aromatic carbocycles. The Morgan fingerprint density at radius 2 is 0.500 bits per heavy atom. The van der Waals surface area contributed by atoms with Crippen LogP contribution in [0.3, 0.4) is 0 Å². The third kappa shape index (κ3) is 5.56.